The van der Waals surface area contributed by atoms with E-state index in [-0.39, 0.29) is 28.5 Å². The SMILES string of the molecule is C=C(C(=O)OCC)C(O)c1ccc(Cl)c([N+](=O)[O-])c1. The normalized spacial score (nSPS) is 11.7. The lowest BCUT2D eigenvalue weighted by Gasteiger charge is -2.13. The summed E-state index contributed by atoms with van der Waals surface area (Å²) in [6.07, 6.45) is -1.38. The highest BCUT2D eigenvalue weighted by molar-refractivity contribution is 6.32. The fourth-order valence-electron chi connectivity index (χ4n) is 1.38. The molecule has 102 valence electrons. The number of carbonyl (C=O) groups is 1. The molecule has 0 aliphatic heterocycles. The van der Waals surface area contributed by atoms with Crippen molar-refractivity contribution in [2.75, 3.05) is 6.61 Å². The molecule has 0 saturated carbocycles. The molecule has 0 spiro atoms. The number of nitrogens with zero attached hydrogens (tertiary/aromatic N) is 1. The van der Waals surface area contributed by atoms with Crippen LogP contribution in [0.5, 0.6) is 0 Å². The molecule has 6 nitrogen and oxygen atoms in total. The van der Waals surface area contributed by atoms with Crippen LogP contribution in [0.25, 0.3) is 0 Å². The number of benzene rings is 1. The fourth-order valence-corrected chi connectivity index (χ4v) is 1.56. The van der Waals surface area contributed by atoms with Gasteiger partial charge in [-0.05, 0) is 18.6 Å². The molecule has 1 aromatic carbocycles. The van der Waals surface area contributed by atoms with Gasteiger partial charge in [-0.25, -0.2) is 4.79 Å². The second-order valence-electron chi connectivity index (χ2n) is 3.62. The van der Waals surface area contributed by atoms with Crippen molar-refractivity contribution in [3.63, 3.8) is 0 Å². The van der Waals surface area contributed by atoms with Gasteiger partial charge in [0.25, 0.3) is 5.69 Å². The molecule has 0 bridgehead atoms. The lowest BCUT2D eigenvalue weighted by Crippen LogP contribution is -2.13. The van der Waals surface area contributed by atoms with E-state index in [1.165, 1.54) is 12.1 Å². The van der Waals surface area contributed by atoms with E-state index in [0.717, 1.165) is 6.07 Å². The van der Waals surface area contributed by atoms with Gasteiger partial charge in [0.15, 0.2) is 0 Å². The average Bonchev–Trinajstić information content (AvgIpc) is 2.37. The van der Waals surface area contributed by atoms with Crippen molar-refractivity contribution in [3.8, 4) is 0 Å². The lowest BCUT2D eigenvalue weighted by atomic mass is 10.0. The first-order valence-electron chi connectivity index (χ1n) is 5.36. The molecule has 0 saturated heterocycles. The van der Waals surface area contributed by atoms with Crippen molar-refractivity contribution in [2.45, 2.75) is 13.0 Å². The Morgan fingerprint density at radius 1 is 1.63 bits per heavy atom. The quantitative estimate of drug-likeness (QED) is 0.388. The van der Waals surface area contributed by atoms with E-state index in [9.17, 15) is 20.0 Å². The summed E-state index contributed by atoms with van der Waals surface area (Å²) in [6.45, 7) is 5.18. The van der Waals surface area contributed by atoms with Crippen LogP contribution >= 0.6 is 11.6 Å². The van der Waals surface area contributed by atoms with E-state index in [0.29, 0.717) is 0 Å². The number of ether oxygens (including phenoxy) is 1. The summed E-state index contributed by atoms with van der Waals surface area (Å²) in [4.78, 5) is 21.5. The van der Waals surface area contributed by atoms with E-state index in [1.807, 2.05) is 0 Å². The predicted octanol–water partition coefficient (Wildman–Crippen LogP) is 2.40. The summed E-state index contributed by atoms with van der Waals surface area (Å²) in [7, 11) is 0. The van der Waals surface area contributed by atoms with Gasteiger partial charge < -0.3 is 9.84 Å². The third-order valence-corrected chi connectivity index (χ3v) is 2.67. The minimum atomic E-state index is -1.38. The van der Waals surface area contributed by atoms with E-state index < -0.39 is 17.0 Å². The third-order valence-electron chi connectivity index (χ3n) is 2.35. The molecule has 7 heteroatoms. The number of aliphatic hydroxyl groups is 1. The number of nitro groups is 1. The number of halogens is 1. The molecule has 0 heterocycles. The fraction of sp³-hybridized carbons (Fsp3) is 0.250. The summed E-state index contributed by atoms with van der Waals surface area (Å²) in [6, 6.07) is 3.75. The number of aliphatic hydroxyl groups excluding tert-OH is 1. The van der Waals surface area contributed by atoms with E-state index in [1.54, 1.807) is 6.92 Å². The van der Waals surface area contributed by atoms with Crippen LogP contribution in [0.2, 0.25) is 5.02 Å². The minimum absolute atomic E-state index is 0.0531. The Hall–Kier alpha value is -1.92. The van der Waals surface area contributed by atoms with Crippen LogP contribution in [0.1, 0.15) is 18.6 Å². The molecule has 0 radical (unpaired) electrons. The largest absolute Gasteiger partial charge is 0.463 e. The highest BCUT2D eigenvalue weighted by Crippen LogP contribution is 2.30. The monoisotopic (exact) mass is 285 g/mol. The van der Waals surface area contributed by atoms with Gasteiger partial charge in [0.1, 0.15) is 11.1 Å². The predicted molar refractivity (Wildman–Crippen MR) is 68.8 cm³/mol. The van der Waals surface area contributed by atoms with Crippen LogP contribution < -0.4 is 0 Å². The molecule has 0 fully saturated rings. The van der Waals surface area contributed by atoms with Crippen molar-refractivity contribution in [1.82, 2.24) is 0 Å². The Morgan fingerprint density at radius 3 is 2.79 bits per heavy atom. The van der Waals surface area contributed by atoms with Gasteiger partial charge in [-0.15, -0.1) is 0 Å². The maximum Gasteiger partial charge on any atom is 0.336 e. The minimum Gasteiger partial charge on any atom is -0.463 e. The van der Waals surface area contributed by atoms with Gasteiger partial charge in [0.05, 0.1) is 17.1 Å². The Kier molecular flexibility index (Phi) is 5.02. The number of hydrogen-bond acceptors (Lipinski definition) is 5. The zero-order valence-corrected chi connectivity index (χ0v) is 10.9. The van der Waals surface area contributed by atoms with Crippen molar-refractivity contribution in [1.29, 1.82) is 0 Å². The van der Waals surface area contributed by atoms with Crippen molar-refractivity contribution in [2.24, 2.45) is 0 Å². The van der Waals surface area contributed by atoms with Gasteiger partial charge in [-0.2, -0.15) is 0 Å². The summed E-state index contributed by atoms with van der Waals surface area (Å²) >= 11 is 5.65. The maximum absolute atomic E-state index is 11.4. The van der Waals surface area contributed by atoms with E-state index in [4.69, 9.17) is 11.6 Å². The molecule has 1 aromatic rings. The summed E-state index contributed by atoms with van der Waals surface area (Å²) in [5, 5.41) is 20.6. The Bertz CT molecular complexity index is 529. The molecule has 1 unspecified atom stereocenters. The van der Waals surface area contributed by atoms with Crippen LogP contribution in [-0.4, -0.2) is 22.6 Å². The number of carbonyl (C=O) groups excluding carboxylic acids is 1. The van der Waals surface area contributed by atoms with Crippen LogP contribution in [0.4, 0.5) is 5.69 Å². The average molecular weight is 286 g/mol. The molecular formula is C12H12ClNO5. The van der Waals surface area contributed by atoms with Crippen molar-refractivity contribution >= 4 is 23.3 Å². The van der Waals surface area contributed by atoms with Gasteiger partial charge in [-0.3, -0.25) is 10.1 Å². The second kappa shape index (κ2) is 6.31. The number of esters is 1. The highest BCUT2D eigenvalue weighted by Gasteiger charge is 2.22. The van der Waals surface area contributed by atoms with Gasteiger partial charge >= 0.3 is 5.97 Å². The molecule has 0 aliphatic carbocycles. The van der Waals surface area contributed by atoms with Crippen molar-refractivity contribution in [3.05, 3.63) is 51.1 Å². The molecule has 1 N–H and O–H groups in total. The number of nitro benzene ring substituents is 1. The first kappa shape index (κ1) is 15.1. The summed E-state index contributed by atoms with van der Waals surface area (Å²) in [5.41, 5.74) is -0.400. The number of rotatable bonds is 5. The summed E-state index contributed by atoms with van der Waals surface area (Å²) in [5.74, 6) is -0.757. The van der Waals surface area contributed by atoms with Gasteiger partial charge in [-0.1, -0.05) is 24.2 Å². The summed E-state index contributed by atoms with van der Waals surface area (Å²) < 4.78 is 4.69. The van der Waals surface area contributed by atoms with Gasteiger partial charge in [0.2, 0.25) is 0 Å². The second-order valence-corrected chi connectivity index (χ2v) is 4.02. The zero-order valence-electron chi connectivity index (χ0n) is 10.1. The van der Waals surface area contributed by atoms with Gasteiger partial charge in [0, 0.05) is 6.07 Å². The van der Waals surface area contributed by atoms with E-state index >= 15 is 0 Å². The van der Waals surface area contributed by atoms with E-state index in [2.05, 4.69) is 11.3 Å². The maximum atomic E-state index is 11.4. The lowest BCUT2D eigenvalue weighted by molar-refractivity contribution is -0.384. The Morgan fingerprint density at radius 2 is 2.26 bits per heavy atom. The topological polar surface area (TPSA) is 89.7 Å². The first-order chi connectivity index (χ1) is 8.88. The molecular weight excluding hydrogens is 274 g/mol. The molecule has 1 atom stereocenters. The smallest absolute Gasteiger partial charge is 0.336 e. The molecule has 1 rings (SSSR count). The standard InChI is InChI=1S/C12H12ClNO5/c1-3-19-12(16)7(2)11(15)8-4-5-9(13)10(6-8)14(17)18/h4-6,11,15H,2-3H2,1H3. The Labute approximate surface area is 114 Å². The molecule has 19 heavy (non-hydrogen) atoms. The zero-order chi connectivity index (χ0) is 14.6. The molecule has 0 amide bonds. The highest BCUT2D eigenvalue weighted by atomic mass is 35.5. The molecule has 0 aromatic heterocycles. The van der Waals surface area contributed by atoms with Crippen LogP contribution in [0.3, 0.4) is 0 Å². The third kappa shape index (κ3) is 3.52. The van der Waals surface area contributed by atoms with Crippen LogP contribution in [0.15, 0.2) is 30.4 Å². The number of hydrogen-bond donors (Lipinski definition) is 1. The molecule has 0 aliphatic rings. The van der Waals surface area contributed by atoms with Crippen LogP contribution in [-0.2, 0) is 9.53 Å². The first-order valence-corrected chi connectivity index (χ1v) is 5.74. The van der Waals surface area contributed by atoms with Crippen LogP contribution in [0, 0.1) is 10.1 Å². The Balaban J connectivity index is 3.03. The van der Waals surface area contributed by atoms with Crippen molar-refractivity contribution < 1.29 is 19.6 Å².